The van der Waals surface area contributed by atoms with Gasteiger partial charge in [0.15, 0.2) is 0 Å². The summed E-state index contributed by atoms with van der Waals surface area (Å²) in [7, 11) is 17.1. The zero-order valence-electron chi connectivity index (χ0n) is 36.0. The number of hydrogen-bond acceptors (Lipinski definition) is 14. The average Bonchev–Trinajstić information content (AvgIpc) is 3.13. The molecular weight excluding hydrogens is 933 g/mol. The Labute approximate surface area is 367 Å². The first-order valence-electron chi connectivity index (χ1n) is 17.4. The number of methoxy groups -OCH3 is 10. The summed E-state index contributed by atoms with van der Waals surface area (Å²) in [4.78, 5) is 17.1. The zero-order valence-corrected chi connectivity index (χ0v) is 40.5. The highest BCUT2D eigenvalue weighted by atomic mass is 127. The maximum absolute atomic E-state index is 8.89. The smallest absolute Gasteiger partial charge is 0.0993 e. The van der Waals surface area contributed by atoms with Gasteiger partial charge in [0.2, 0.25) is 0 Å². The van der Waals surface area contributed by atoms with E-state index in [1.165, 1.54) is 0 Å². The molecule has 0 heterocycles. The van der Waals surface area contributed by atoms with Gasteiger partial charge in [-0.05, 0) is 6.92 Å². The van der Waals surface area contributed by atoms with Crippen LogP contribution < -0.4 is 90.2 Å². The molecule has 0 spiro atoms. The van der Waals surface area contributed by atoms with Crippen LogP contribution in [0.2, 0.25) is 0 Å². The third-order valence-electron chi connectivity index (χ3n) is 5.26. The molecule has 0 atom stereocenters. The summed E-state index contributed by atoms with van der Waals surface area (Å²) >= 11 is 0. The van der Waals surface area contributed by atoms with E-state index in [0.717, 1.165) is 138 Å². The van der Waals surface area contributed by atoms with Crippen LogP contribution in [-0.4, -0.2) is 215 Å². The largest absolute Gasteiger partial charge is 1.00 e. The van der Waals surface area contributed by atoms with Gasteiger partial charge in [0.1, 0.15) is 0 Å². The normalized spacial score (nSPS) is 8.85. The summed E-state index contributed by atoms with van der Waals surface area (Å²) in [6, 6.07) is 0. The van der Waals surface area contributed by atoms with Crippen LogP contribution in [0.4, 0.5) is 0 Å². The van der Waals surface area contributed by atoms with E-state index in [4.69, 9.17) is 67.2 Å². The third-order valence-corrected chi connectivity index (χ3v) is 5.26. The highest BCUT2D eigenvalue weighted by Gasteiger charge is 1.90. The molecule has 0 aromatic heterocycles. The number of nitrogens with two attached hydrogens (primary N) is 5. The summed E-state index contributed by atoms with van der Waals surface area (Å²) in [5.41, 5.74) is 0. The van der Waals surface area contributed by atoms with Crippen molar-refractivity contribution in [1.29, 1.82) is 0 Å². The van der Waals surface area contributed by atoms with Crippen molar-refractivity contribution < 1.29 is 147 Å². The van der Waals surface area contributed by atoms with E-state index in [1.54, 1.807) is 71.1 Å². The monoisotopic (exact) mass is 1020 g/mol. The van der Waals surface area contributed by atoms with Crippen LogP contribution in [-0.2, 0) is 57.0 Å². The molecule has 55 heavy (non-hydrogen) atoms. The fourth-order valence-electron chi connectivity index (χ4n) is 2.73. The first-order chi connectivity index (χ1) is 25.2. The Morgan fingerprint density at radius 3 is 0.545 bits per heavy atom. The van der Waals surface area contributed by atoms with Crippen LogP contribution in [0.5, 0.6) is 0 Å². The van der Waals surface area contributed by atoms with E-state index in [1.807, 2.05) is 0 Å². The summed E-state index contributed by atoms with van der Waals surface area (Å²) < 4.78 is 48.5. The quantitative estimate of drug-likeness (QED) is 0.0255. The molecule has 0 bridgehead atoms. The number of quaternary nitrogens is 5. The van der Waals surface area contributed by atoms with Crippen molar-refractivity contribution in [2.45, 2.75) is 6.92 Å². The minimum Gasteiger partial charge on any atom is -1.00 e. The molecule has 0 radical (unpaired) electrons. The van der Waals surface area contributed by atoms with Crippen LogP contribution in [0.25, 0.3) is 0 Å². The van der Waals surface area contributed by atoms with E-state index in [2.05, 4.69) is 26.6 Å². The average molecular weight is 1020 g/mol. The highest BCUT2D eigenvalue weighted by Crippen LogP contribution is 1.61. The Bertz CT molecular complexity index is 446. The molecule has 0 saturated heterocycles. The van der Waals surface area contributed by atoms with Gasteiger partial charge in [0.05, 0.1) is 132 Å². The number of aliphatic carboxylic acids is 1. The van der Waals surface area contributed by atoms with Crippen LogP contribution in [0.3, 0.4) is 0 Å². The maximum atomic E-state index is 8.89. The van der Waals surface area contributed by atoms with E-state index >= 15 is 0 Å². The van der Waals surface area contributed by atoms with Gasteiger partial charge in [0, 0.05) is 83.5 Å². The summed E-state index contributed by atoms with van der Waals surface area (Å²) in [5, 5.41) is 28.0. The molecular formula is C33H84BrClIN5O14. The second-order valence-corrected chi connectivity index (χ2v) is 9.85. The van der Waals surface area contributed by atoms with Gasteiger partial charge in [-0.15, -0.1) is 0 Å². The topological polar surface area (TPSA) is 256 Å². The molecule has 0 aromatic rings. The predicted octanol–water partition coefficient (Wildman–Crippen LogP) is -17.7. The molecule has 10 N–H and O–H groups in total. The molecule has 346 valence electrons. The molecule has 0 aliphatic rings. The number of rotatable bonds is 30. The second kappa shape index (κ2) is 99.6. The Balaban J connectivity index is -0.0000000544. The predicted molar refractivity (Wildman–Crippen MR) is 194 cm³/mol. The number of carbonyl (C=O) groups is 2. The van der Waals surface area contributed by atoms with Gasteiger partial charge < -0.3 is 147 Å². The molecule has 0 unspecified atom stereocenters. The van der Waals surface area contributed by atoms with Gasteiger partial charge in [0.25, 0.3) is 0 Å². The van der Waals surface area contributed by atoms with Crippen molar-refractivity contribution in [1.82, 2.24) is 0 Å². The SMILES string of the molecule is CC(=O)[O-].COCC[NH2+]CCOC.COCC[NH2+]CCOC.COCC[NH2+]CCOC.COCC[NH2+]CCOC.COCC[NH2+]CCOC.O=C[O-].[Br-].[Cl-].[I-]. The lowest BCUT2D eigenvalue weighted by Gasteiger charge is -1.98. The minimum absolute atomic E-state index is 0. The molecule has 19 nitrogen and oxygen atoms in total. The second-order valence-electron chi connectivity index (χ2n) is 9.85. The lowest BCUT2D eigenvalue weighted by Crippen LogP contribution is -3.00. The summed E-state index contributed by atoms with van der Waals surface area (Å²) in [6.07, 6.45) is 0. The van der Waals surface area contributed by atoms with Crippen LogP contribution in [0, 0.1) is 0 Å². The Hall–Kier alpha value is -0.160. The number of carbonyl (C=O) groups excluding carboxylic acids is 2. The van der Waals surface area contributed by atoms with E-state index in [-0.39, 0.29) is 53.4 Å². The van der Waals surface area contributed by atoms with Gasteiger partial charge in [-0.25, -0.2) is 0 Å². The lowest BCUT2D eigenvalue weighted by molar-refractivity contribution is -0.657. The highest BCUT2D eigenvalue weighted by molar-refractivity contribution is 5.60. The Morgan fingerprint density at radius 1 is 0.418 bits per heavy atom. The number of ether oxygens (including phenoxy) is 10. The lowest BCUT2D eigenvalue weighted by atomic mass is 10.6. The number of halogens is 3. The van der Waals surface area contributed by atoms with Gasteiger partial charge in [-0.3, -0.25) is 0 Å². The molecule has 0 aromatic carbocycles. The summed E-state index contributed by atoms with van der Waals surface area (Å²) in [6.45, 7) is 19.0. The van der Waals surface area contributed by atoms with Gasteiger partial charge in [-0.2, -0.15) is 0 Å². The molecule has 0 amide bonds. The van der Waals surface area contributed by atoms with E-state index in [0.29, 0.717) is 0 Å². The van der Waals surface area contributed by atoms with Crippen molar-refractivity contribution in [2.75, 3.05) is 203 Å². The van der Waals surface area contributed by atoms with Crippen LogP contribution in [0.1, 0.15) is 6.92 Å². The molecule has 0 aliphatic heterocycles. The van der Waals surface area contributed by atoms with Crippen molar-refractivity contribution in [3.63, 3.8) is 0 Å². The Morgan fingerprint density at radius 2 is 0.491 bits per heavy atom. The van der Waals surface area contributed by atoms with Gasteiger partial charge >= 0.3 is 0 Å². The molecule has 22 heteroatoms. The standard InChI is InChI=1S/5C6H15NO2.C2H4O2.CH2O2.BrH.ClH.HI/c5*1-8-5-3-7-4-6-9-2;1-2(3)4;2-1-3;;;/h5*7H,3-6H2,1-2H3;1H3,(H,3,4);1H,(H,2,3);3*1H. The first kappa shape index (κ1) is 79.1. The molecule has 0 rings (SSSR count). The molecule has 0 aliphatic carbocycles. The fourth-order valence-corrected chi connectivity index (χ4v) is 2.73. The van der Waals surface area contributed by atoms with Crippen LogP contribution in [0.15, 0.2) is 0 Å². The number of hydrogen-bond donors (Lipinski definition) is 5. The van der Waals surface area contributed by atoms with Crippen molar-refractivity contribution >= 4 is 12.4 Å². The number of carboxylic acids is 1. The summed E-state index contributed by atoms with van der Waals surface area (Å²) in [5.74, 6) is -1.08. The van der Waals surface area contributed by atoms with Gasteiger partial charge in [-0.1, -0.05) is 0 Å². The fraction of sp³-hybridized carbons (Fsp3) is 0.939. The maximum Gasteiger partial charge on any atom is 0.0993 e. The Kier molecular flexibility index (Phi) is 143. The zero-order chi connectivity index (χ0) is 41.0. The van der Waals surface area contributed by atoms with E-state index < -0.39 is 12.4 Å². The molecule has 0 saturated carbocycles. The number of carboxylic acid groups (broad SMARTS) is 2. The van der Waals surface area contributed by atoms with Crippen molar-refractivity contribution in [3.05, 3.63) is 0 Å². The van der Waals surface area contributed by atoms with Crippen molar-refractivity contribution in [3.8, 4) is 0 Å². The first-order valence-corrected chi connectivity index (χ1v) is 17.4. The third kappa shape index (κ3) is 162. The van der Waals surface area contributed by atoms with Crippen molar-refractivity contribution in [2.24, 2.45) is 0 Å². The van der Waals surface area contributed by atoms with E-state index in [9.17, 15) is 0 Å². The molecule has 0 fully saturated rings. The van der Waals surface area contributed by atoms with Crippen LogP contribution >= 0.6 is 0 Å². The minimum atomic E-state index is -1.08.